The highest BCUT2D eigenvalue weighted by Gasteiger charge is 2.03. The van der Waals surface area contributed by atoms with Gasteiger partial charge in [-0.05, 0) is 45.4 Å². The maximum Gasteiger partial charge on any atom is 0.104 e. The van der Waals surface area contributed by atoms with Crippen LogP contribution in [0, 0.1) is 6.92 Å². The molecule has 1 heterocycles. The fraction of sp³-hybridized carbons (Fsp3) is 0.667. The summed E-state index contributed by atoms with van der Waals surface area (Å²) in [7, 11) is 0. The number of hydrogen-bond donors (Lipinski definition) is 1. The van der Waals surface area contributed by atoms with Crippen LogP contribution in [-0.4, -0.2) is 12.6 Å². The fourth-order valence-corrected chi connectivity index (χ4v) is 1.47. The van der Waals surface area contributed by atoms with Crippen molar-refractivity contribution in [2.75, 3.05) is 6.54 Å². The monoisotopic (exact) mass is 195 g/mol. The van der Waals surface area contributed by atoms with Crippen molar-refractivity contribution >= 4 is 0 Å². The molecule has 0 spiro atoms. The molecule has 0 bridgehead atoms. The van der Waals surface area contributed by atoms with E-state index in [-0.39, 0.29) is 0 Å². The normalized spacial score (nSPS) is 13.1. The van der Waals surface area contributed by atoms with Crippen LogP contribution in [0.2, 0.25) is 0 Å². The molecule has 2 heteroatoms. The van der Waals surface area contributed by atoms with E-state index >= 15 is 0 Å². The lowest BCUT2D eigenvalue weighted by Crippen LogP contribution is -2.26. The molecule has 1 unspecified atom stereocenters. The molecule has 0 saturated carbocycles. The molecule has 2 nitrogen and oxygen atoms in total. The second kappa shape index (κ2) is 5.86. The minimum absolute atomic E-state index is 0.584. The highest BCUT2D eigenvalue weighted by Crippen LogP contribution is 2.09. The van der Waals surface area contributed by atoms with Crippen LogP contribution in [-0.2, 0) is 6.42 Å². The van der Waals surface area contributed by atoms with E-state index in [4.69, 9.17) is 4.42 Å². The standard InChI is InChI=1S/C12H21NO/c1-4-9-13-10(2)5-7-12-8-6-11(3)14-12/h6,8,10,13H,4-5,7,9H2,1-3H3. The molecule has 0 aliphatic heterocycles. The van der Waals surface area contributed by atoms with Crippen molar-refractivity contribution in [2.24, 2.45) is 0 Å². The van der Waals surface area contributed by atoms with Gasteiger partial charge in [-0.2, -0.15) is 0 Å². The molecule has 0 aliphatic rings. The van der Waals surface area contributed by atoms with Crippen LogP contribution in [0.4, 0.5) is 0 Å². The van der Waals surface area contributed by atoms with Crippen LogP contribution in [0.25, 0.3) is 0 Å². The van der Waals surface area contributed by atoms with Crippen molar-refractivity contribution in [3.8, 4) is 0 Å². The number of nitrogens with one attached hydrogen (secondary N) is 1. The van der Waals surface area contributed by atoms with Crippen molar-refractivity contribution in [2.45, 2.75) is 46.1 Å². The first-order valence-electron chi connectivity index (χ1n) is 5.51. The first-order valence-corrected chi connectivity index (χ1v) is 5.51. The quantitative estimate of drug-likeness (QED) is 0.755. The van der Waals surface area contributed by atoms with Gasteiger partial charge in [0.05, 0.1) is 0 Å². The highest BCUT2D eigenvalue weighted by molar-refractivity contribution is 5.05. The second-order valence-electron chi connectivity index (χ2n) is 3.91. The molecule has 1 rings (SSSR count). The minimum Gasteiger partial charge on any atom is -0.466 e. The largest absolute Gasteiger partial charge is 0.466 e. The number of furan rings is 1. The summed E-state index contributed by atoms with van der Waals surface area (Å²) in [5, 5.41) is 3.47. The van der Waals surface area contributed by atoms with Crippen molar-refractivity contribution in [1.29, 1.82) is 0 Å². The van der Waals surface area contributed by atoms with E-state index in [1.165, 1.54) is 6.42 Å². The molecule has 14 heavy (non-hydrogen) atoms. The third kappa shape index (κ3) is 3.97. The molecule has 1 N–H and O–H groups in total. The Bertz CT molecular complexity index is 255. The van der Waals surface area contributed by atoms with E-state index in [0.717, 1.165) is 30.9 Å². The Morgan fingerprint density at radius 2 is 2.21 bits per heavy atom. The van der Waals surface area contributed by atoms with Gasteiger partial charge in [-0.3, -0.25) is 0 Å². The molecule has 80 valence electrons. The molecular weight excluding hydrogens is 174 g/mol. The summed E-state index contributed by atoms with van der Waals surface area (Å²) in [6.07, 6.45) is 3.38. The van der Waals surface area contributed by atoms with Gasteiger partial charge < -0.3 is 9.73 Å². The summed E-state index contributed by atoms with van der Waals surface area (Å²) in [4.78, 5) is 0. The van der Waals surface area contributed by atoms with Gasteiger partial charge in [-0.15, -0.1) is 0 Å². The predicted molar refractivity (Wildman–Crippen MR) is 59.5 cm³/mol. The summed E-state index contributed by atoms with van der Waals surface area (Å²) in [6.45, 7) is 7.52. The molecule has 0 saturated heterocycles. The molecule has 0 aromatic carbocycles. The average molecular weight is 195 g/mol. The van der Waals surface area contributed by atoms with E-state index < -0.39 is 0 Å². The van der Waals surface area contributed by atoms with Gasteiger partial charge in [0, 0.05) is 12.5 Å². The Kier molecular flexibility index (Phi) is 4.74. The third-order valence-electron chi connectivity index (χ3n) is 2.36. The van der Waals surface area contributed by atoms with Gasteiger partial charge in [0.2, 0.25) is 0 Å². The van der Waals surface area contributed by atoms with Crippen LogP contribution in [0.5, 0.6) is 0 Å². The number of rotatable bonds is 6. The Hall–Kier alpha value is -0.760. The molecular formula is C12H21NO. The molecule has 0 amide bonds. The summed E-state index contributed by atoms with van der Waals surface area (Å²) < 4.78 is 5.51. The number of hydrogen-bond acceptors (Lipinski definition) is 2. The topological polar surface area (TPSA) is 25.2 Å². The maximum atomic E-state index is 5.51. The molecule has 1 aromatic rings. The highest BCUT2D eigenvalue weighted by atomic mass is 16.3. The summed E-state index contributed by atoms with van der Waals surface area (Å²) in [5.74, 6) is 2.11. The smallest absolute Gasteiger partial charge is 0.104 e. The lowest BCUT2D eigenvalue weighted by atomic mass is 10.1. The summed E-state index contributed by atoms with van der Waals surface area (Å²) in [6, 6.07) is 4.68. The van der Waals surface area contributed by atoms with Crippen molar-refractivity contribution in [3.63, 3.8) is 0 Å². The van der Waals surface area contributed by atoms with E-state index in [1.807, 2.05) is 13.0 Å². The third-order valence-corrected chi connectivity index (χ3v) is 2.36. The Morgan fingerprint density at radius 1 is 1.43 bits per heavy atom. The predicted octanol–water partition coefficient (Wildman–Crippen LogP) is 2.91. The van der Waals surface area contributed by atoms with Gasteiger partial charge >= 0.3 is 0 Å². The van der Waals surface area contributed by atoms with Crippen molar-refractivity contribution in [1.82, 2.24) is 5.32 Å². The fourth-order valence-electron chi connectivity index (χ4n) is 1.47. The molecule has 0 radical (unpaired) electrons. The minimum atomic E-state index is 0.584. The van der Waals surface area contributed by atoms with Gasteiger partial charge in [0.25, 0.3) is 0 Å². The Labute approximate surface area is 86.7 Å². The molecule has 1 atom stereocenters. The van der Waals surface area contributed by atoms with Gasteiger partial charge in [0.1, 0.15) is 11.5 Å². The van der Waals surface area contributed by atoms with Crippen molar-refractivity contribution < 1.29 is 4.42 Å². The lowest BCUT2D eigenvalue weighted by molar-refractivity contribution is 0.447. The van der Waals surface area contributed by atoms with Crippen LogP contribution in [0.3, 0.4) is 0 Å². The molecule has 0 fully saturated rings. The van der Waals surface area contributed by atoms with Crippen LogP contribution < -0.4 is 5.32 Å². The summed E-state index contributed by atoms with van der Waals surface area (Å²) in [5.41, 5.74) is 0. The maximum absolute atomic E-state index is 5.51. The Morgan fingerprint density at radius 3 is 2.79 bits per heavy atom. The Balaban J connectivity index is 2.20. The average Bonchev–Trinajstić information content (AvgIpc) is 2.58. The zero-order valence-corrected chi connectivity index (χ0v) is 9.47. The van der Waals surface area contributed by atoms with Crippen molar-refractivity contribution in [3.05, 3.63) is 23.7 Å². The van der Waals surface area contributed by atoms with E-state index in [9.17, 15) is 0 Å². The van der Waals surface area contributed by atoms with E-state index in [1.54, 1.807) is 0 Å². The zero-order chi connectivity index (χ0) is 10.4. The summed E-state index contributed by atoms with van der Waals surface area (Å²) >= 11 is 0. The van der Waals surface area contributed by atoms with E-state index in [0.29, 0.717) is 6.04 Å². The van der Waals surface area contributed by atoms with Crippen LogP contribution >= 0.6 is 0 Å². The zero-order valence-electron chi connectivity index (χ0n) is 9.47. The van der Waals surface area contributed by atoms with Gasteiger partial charge in [-0.1, -0.05) is 6.92 Å². The van der Waals surface area contributed by atoms with E-state index in [2.05, 4.69) is 25.2 Å². The lowest BCUT2D eigenvalue weighted by Gasteiger charge is -2.11. The van der Waals surface area contributed by atoms with Crippen LogP contribution in [0.1, 0.15) is 38.2 Å². The SMILES string of the molecule is CCCNC(C)CCc1ccc(C)o1. The first-order chi connectivity index (χ1) is 6.72. The molecule has 1 aromatic heterocycles. The van der Waals surface area contributed by atoms with Crippen LogP contribution in [0.15, 0.2) is 16.5 Å². The molecule has 0 aliphatic carbocycles. The van der Waals surface area contributed by atoms with Gasteiger partial charge in [0.15, 0.2) is 0 Å². The number of aryl methyl sites for hydroxylation is 2. The first kappa shape index (κ1) is 11.3. The second-order valence-corrected chi connectivity index (χ2v) is 3.91. The van der Waals surface area contributed by atoms with Gasteiger partial charge in [-0.25, -0.2) is 0 Å².